The third kappa shape index (κ3) is 5.05. The summed E-state index contributed by atoms with van der Waals surface area (Å²) in [6, 6.07) is 2.38. The van der Waals surface area contributed by atoms with Crippen LogP contribution in [-0.4, -0.2) is 42.4 Å². The van der Waals surface area contributed by atoms with Gasteiger partial charge in [-0.2, -0.15) is 8.78 Å². The zero-order chi connectivity index (χ0) is 17.0. The maximum Gasteiger partial charge on any atom is 0.340 e. The van der Waals surface area contributed by atoms with Gasteiger partial charge in [0.25, 0.3) is 5.91 Å². The van der Waals surface area contributed by atoms with Gasteiger partial charge in [-0.05, 0) is 24.8 Å². The summed E-state index contributed by atoms with van der Waals surface area (Å²) < 4.78 is 53.9. The van der Waals surface area contributed by atoms with Gasteiger partial charge in [-0.3, -0.25) is 4.79 Å². The fourth-order valence-electron chi connectivity index (χ4n) is 1.84. The monoisotopic (exact) mass is 335 g/mol. The molecule has 0 spiro atoms. The molecule has 1 unspecified atom stereocenters. The molecular formula is C14H17F4N3O2. The number of nitrogens with zero attached hydrogens (tertiary/aromatic N) is 1. The first-order valence-corrected chi connectivity index (χ1v) is 7.08. The highest BCUT2D eigenvalue weighted by atomic mass is 19.3. The van der Waals surface area contributed by atoms with E-state index in [9.17, 15) is 22.4 Å². The molecule has 0 aromatic carbocycles. The average molecular weight is 335 g/mol. The van der Waals surface area contributed by atoms with Crippen molar-refractivity contribution in [1.82, 2.24) is 10.3 Å². The van der Waals surface area contributed by atoms with Crippen LogP contribution in [0.3, 0.4) is 0 Å². The van der Waals surface area contributed by atoms with E-state index < -0.39 is 24.9 Å². The number of alkyl halides is 4. The van der Waals surface area contributed by atoms with E-state index in [0.717, 1.165) is 25.1 Å². The molecule has 1 heterocycles. The number of aromatic nitrogens is 1. The van der Waals surface area contributed by atoms with Gasteiger partial charge in [-0.1, -0.05) is 0 Å². The van der Waals surface area contributed by atoms with Gasteiger partial charge in [0.15, 0.2) is 6.61 Å². The minimum atomic E-state index is -4.25. The Morgan fingerprint density at radius 1 is 1.43 bits per heavy atom. The molecule has 2 rings (SSSR count). The van der Waals surface area contributed by atoms with Crippen LogP contribution in [0.4, 0.5) is 17.6 Å². The number of rotatable bonds is 8. The van der Waals surface area contributed by atoms with E-state index in [0.29, 0.717) is 12.5 Å². The second-order valence-corrected chi connectivity index (χ2v) is 5.45. The predicted molar refractivity (Wildman–Crippen MR) is 73.7 cm³/mol. The third-order valence-corrected chi connectivity index (χ3v) is 3.46. The number of ether oxygens (including phenoxy) is 1. The molecule has 1 fully saturated rings. The van der Waals surface area contributed by atoms with Crippen molar-refractivity contribution in [3.63, 3.8) is 0 Å². The highest BCUT2D eigenvalue weighted by molar-refractivity contribution is 5.93. The van der Waals surface area contributed by atoms with Gasteiger partial charge in [0, 0.05) is 24.8 Å². The van der Waals surface area contributed by atoms with Crippen LogP contribution < -0.4 is 15.8 Å². The Morgan fingerprint density at radius 3 is 2.65 bits per heavy atom. The van der Waals surface area contributed by atoms with Crippen LogP contribution in [0.5, 0.6) is 5.88 Å². The lowest BCUT2D eigenvalue weighted by Crippen LogP contribution is -2.38. The van der Waals surface area contributed by atoms with Gasteiger partial charge < -0.3 is 15.8 Å². The molecule has 128 valence electrons. The molecule has 1 aliphatic rings. The Morgan fingerprint density at radius 2 is 2.13 bits per heavy atom. The summed E-state index contributed by atoms with van der Waals surface area (Å²) in [5, 5.41) is 2.65. The largest absolute Gasteiger partial charge is 0.471 e. The average Bonchev–Trinajstić information content (AvgIpc) is 3.35. The van der Waals surface area contributed by atoms with Crippen LogP contribution in [0, 0.1) is 5.92 Å². The Bertz CT molecular complexity index is 535. The van der Waals surface area contributed by atoms with Crippen molar-refractivity contribution in [3.05, 3.63) is 23.9 Å². The number of carbonyl (C=O) groups excluding carboxylic acids is 1. The first-order chi connectivity index (χ1) is 10.8. The van der Waals surface area contributed by atoms with Crippen LogP contribution in [0.25, 0.3) is 0 Å². The van der Waals surface area contributed by atoms with E-state index >= 15 is 0 Å². The first kappa shape index (κ1) is 17.5. The van der Waals surface area contributed by atoms with E-state index in [4.69, 9.17) is 5.73 Å². The number of hydrogen-bond acceptors (Lipinski definition) is 4. The predicted octanol–water partition coefficient (Wildman–Crippen LogP) is 1.83. The van der Waals surface area contributed by atoms with Gasteiger partial charge in [0.2, 0.25) is 5.88 Å². The lowest BCUT2D eigenvalue weighted by atomic mass is 10.2. The molecule has 1 aliphatic carbocycles. The molecule has 1 atom stereocenters. The van der Waals surface area contributed by atoms with E-state index in [1.54, 1.807) is 0 Å². The van der Waals surface area contributed by atoms with E-state index in [-0.39, 0.29) is 17.5 Å². The highest BCUT2D eigenvalue weighted by Gasteiger charge is 2.41. The summed E-state index contributed by atoms with van der Waals surface area (Å²) in [5.41, 5.74) is 6.05. The molecule has 23 heavy (non-hydrogen) atoms. The molecule has 0 aliphatic heterocycles. The second-order valence-electron chi connectivity index (χ2n) is 5.45. The maximum atomic E-state index is 12.7. The second kappa shape index (κ2) is 7.12. The van der Waals surface area contributed by atoms with Gasteiger partial charge in [-0.15, -0.1) is 0 Å². The SMILES string of the molecule is NC(CNC(=O)c1ccc(OCC(F)(F)C(F)F)nc1)C1CC1. The normalized spacial score (nSPS) is 16.3. The minimum Gasteiger partial charge on any atom is -0.471 e. The smallest absolute Gasteiger partial charge is 0.340 e. The van der Waals surface area contributed by atoms with Gasteiger partial charge >= 0.3 is 12.3 Å². The number of halogens is 4. The Kier molecular flexibility index (Phi) is 5.40. The highest BCUT2D eigenvalue weighted by Crippen LogP contribution is 2.31. The molecule has 0 bridgehead atoms. The summed E-state index contributed by atoms with van der Waals surface area (Å²) in [5.74, 6) is -4.48. The summed E-state index contributed by atoms with van der Waals surface area (Å²) in [4.78, 5) is 15.5. The summed E-state index contributed by atoms with van der Waals surface area (Å²) in [6.45, 7) is -1.15. The molecule has 0 radical (unpaired) electrons. The first-order valence-electron chi connectivity index (χ1n) is 7.08. The number of nitrogens with one attached hydrogen (secondary N) is 1. The molecule has 1 amide bonds. The minimum absolute atomic E-state index is 0.0916. The molecule has 5 nitrogen and oxygen atoms in total. The molecule has 3 N–H and O–H groups in total. The van der Waals surface area contributed by atoms with Crippen molar-refractivity contribution in [2.75, 3.05) is 13.2 Å². The van der Waals surface area contributed by atoms with E-state index in [1.807, 2.05) is 0 Å². The molecule has 1 saturated carbocycles. The lowest BCUT2D eigenvalue weighted by Gasteiger charge is -2.15. The maximum absolute atomic E-state index is 12.7. The van der Waals surface area contributed by atoms with Gasteiger partial charge in [-0.25, -0.2) is 13.8 Å². The lowest BCUT2D eigenvalue weighted by molar-refractivity contribution is -0.148. The molecule has 1 aromatic heterocycles. The fourth-order valence-corrected chi connectivity index (χ4v) is 1.84. The molecule has 0 saturated heterocycles. The van der Waals surface area contributed by atoms with E-state index in [2.05, 4.69) is 15.0 Å². The Hall–Kier alpha value is -1.90. The van der Waals surface area contributed by atoms with Crippen molar-refractivity contribution in [2.45, 2.75) is 31.2 Å². The topological polar surface area (TPSA) is 77.2 Å². The number of nitrogens with two attached hydrogens (primary N) is 1. The van der Waals surface area contributed by atoms with E-state index in [1.165, 1.54) is 6.07 Å². The van der Waals surface area contributed by atoms with Gasteiger partial charge in [0.1, 0.15) is 0 Å². The summed E-state index contributed by atoms with van der Waals surface area (Å²) in [6.07, 6.45) is -0.571. The van der Waals surface area contributed by atoms with Crippen LogP contribution in [0.15, 0.2) is 18.3 Å². The molecular weight excluding hydrogens is 318 g/mol. The van der Waals surface area contributed by atoms with Crippen molar-refractivity contribution in [3.8, 4) is 5.88 Å². The number of pyridine rings is 1. The number of hydrogen-bond donors (Lipinski definition) is 2. The zero-order valence-corrected chi connectivity index (χ0v) is 12.1. The quantitative estimate of drug-likeness (QED) is 0.711. The standard InChI is InChI=1S/C14H17F4N3O2/c15-13(16)14(17,18)7-23-11-4-3-9(5-20-11)12(22)21-6-10(19)8-1-2-8/h3-5,8,10,13H,1-2,6-7,19H2,(H,21,22). The number of carbonyl (C=O) groups is 1. The fraction of sp³-hybridized carbons (Fsp3) is 0.571. The van der Waals surface area contributed by atoms with Crippen molar-refractivity contribution in [2.24, 2.45) is 11.7 Å². The zero-order valence-electron chi connectivity index (χ0n) is 12.1. The van der Waals surface area contributed by atoms with Crippen molar-refractivity contribution < 1.29 is 27.1 Å². The van der Waals surface area contributed by atoms with Crippen LogP contribution in [0.1, 0.15) is 23.2 Å². The van der Waals surface area contributed by atoms with Crippen molar-refractivity contribution >= 4 is 5.91 Å². The summed E-state index contributed by atoms with van der Waals surface area (Å²) >= 11 is 0. The van der Waals surface area contributed by atoms with Crippen LogP contribution >= 0.6 is 0 Å². The Balaban J connectivity index is 1.82. The van der Waals surface area contributed by atoms with Gasteiger partial charge in [0.05, 0.1) is 5.56 Å². The molecule has 9 heteroatoms. The van der Waals surface area contributed by atoms with Crippen LogP contribution in [0.2, 0.25) is 0 Å². The number of amides is 1. The van der Waals surface area contributed by atoms with Crippen molar-refractivity contribution in [1.29, 1.82) is 0 Å². The molecule has 1 aromatic rings. The summed E-state index contributed by atoms with van der Waals surface area (Å²) in [7, 11) is 0. The Labute approximate surface area is 130 Å². The third-order valence-electron chi connectivity index (χ3n) is 3.46. The van der Waals surface area contributed by atoms with Crippen LogP contribution in [-0.2, 0) is 0 Å².